The first-order valence-corrected chi connectivity index (χ1v) is 11.7. The normalized spacial score (nSPS) is 12.7. The fraction of sp³-hybridized carbons (Fsp3) is 0.440. The lowest BCUT2D eigenvalue weighted by Crippen LogP contribution is -2.51. The Bertz CT molecular complexity index is 908. The van der Waals surface area contributed by atoms with E-state index in [1.807, 2.05) is 52.8 Å². The monoisotopic (exact) mass is 478 g/mol. The van der Waals surface area contributed by atoms with Gasteiger partial charge >= 0.3 is 0 Å². The Morgan fingerprint density at radius 2 is 1.62 bits per heavy atom. The fourth-order valence-electron chi connectivity index (χ4n) is 3.46. The van der Waals surface area contributed by atoms with Gasteiger partial charge < -0.3 is 15.0 Å². The Kier molecular flexibility index (Phi) is 9.85. The molecule has 5 nitrogen and oxygen atoms in total. The van der Waals surface area contributed by atoms with Gasteiger partial charge in [0.25, 0.3) is 5.91 Å². The van der Waals surface area contributed by atoms with Gasteiger partial charge in [0.1, 0.15) is 11.8 Å². The topological polar surface area (TPSA) is 58.6 Å². The molecule has 174 valence electrons. The van der Waals surface area contributed by atoms with Gasteiger partial charge in [-0.25, -0.2) is 0 Å². The number of aryl methyl sites for hydroxylation is 2. The minimum Gasteiger partial charge on any atom is -0.484 e. The van der Waals surface area contributed by atoms with Gasteiger partial charge in [0, 0.05) is 28.2 Å². The standard InChI is InChI=1S/C25H32Cl2N2O3/c1-6-18(5)28-25(31)23(7-2)29(14-20-21(26)9-8-10-22(20)27)24(30)15-32-19-12-16(3)11-17(4)13-19/h8-13,18,23H,6-7,14-15H2,1-5H3,(H,28,31)/t18-,23+/m0/s1. The number of nitrogens with one attached hydrogen (secondary N) is 1. The first-order chi connectivity index (χ1) is 15.2. The molecule has 0 fully saturated rings. The molecule has 0 radical (unpaired) electrons. The highest BCUT2D eigenvalue weighted by Gasteiger charge is 2.30. The molecule has 2 aromatic carbocycles. The number of benzene rings is 2. The third-order valence-electron chi connectivity index (χ3n) is 5.33. The fourth-order valence-corrected chi connectivity index (χ4v) is 3.98. The Morgan fingerprint density at radius 1 is 1.03 bits per heavy atom. The second-order valence-electron chi connectivity index (χ2n) is 8.08. The van der Waals surface area contributed by atoms with Crippen molar-refractivity contribution in [1.29, 1.82) is 0 Å². The van der Waals surface area contributed by atoms with Crippen LogP contribution in [0.3, 0.4) is 0 Å². The molecule has 2 aromatic rings. The van der Waals surface area contributed by atoms with Crippen LogP contribution in [-0.4, -0.2) is 35.4 Å². The summed E-state index contributed by atoms with van der Waals surface area (Å²) in [6.45, 7) is 9.67. The molecular formula is C25H32Cl2N2O3. The molecule has 0 aliphatic carbocycles. The molecule has 0 aliphatic rings. The van der Waals surface area contributed by atoms with Crippen molar-refractivity contribution in [3.05, 3.63) is 63.1 Å². The number of halogens is 2. The number of carbonyl (C=O) groups is 2. The zero-order valence-corrected chi connectivity index (χ0v) is 20.9. The van der Waals surface area contributed by atoms with E-state index >= 15 is 0 Å². The number of amides is 2. The predicted molar refractivity (Wildman–Crippen MR) is 130 cm³/mol. The van der Waals surface area contributed by atoms with E-state index in [-0.39, 0.29) is 31.0 Å². The molecule has 1 N–H and O–H groups in total. The summed E-state index contributed by atoms with van der Waals surface area (Å²) < 4.78 is 5.80. The quantitative estimate of drug-likeness (QED) is 0.475. The predicted octanol–water partition coefficient (Wildman–Crippen LogP) is 5.71. The van der Waals surface area contributed by atoms with Gasteiger partial charge in [-0.1, -0.05) is 49.2 Å². The molecule has 0 unspecified atom stereocenters. The third kappa shape index (κ3) is 7.14. The summed E-state index contributed by atoms with van der Waals surface area (Å²) in [4.78, 5) is 27.8. The molecule has 0 aromatic heterocycles. The maximum Gasteiger partial charge on any atom is 0.261 e. The molecule has 0 bridgehead atoms. The number of nitrogens with zero attached hydrogens (tertiary/aromatic N) is 1. The molecule has 0 saturated heterocycles. The maximum atomic E-state index is 13.3. The van der Waals surface area contributed by atoms with Crippen LogP contribution in [0, 0.1) is 13.8 Å². The zero-order chi connectivity index (χ0) is 23.8. The SMILES string of the molecule is CC[C@H](C(=O)N[C@@H](C)CC)N(Cc1c(Cl)cccc1Cl)C(=O)COc1cc(C)cc(C)c1. The summed E-state index contributed by atoms with van der Waals surface area (Å²) in [7, 11) is 0. The van der Waals surface area contributed by atoms with Crippen LogP contribution in [0.25, 0.3) is 0 Å². The Hall–Kier alpha value is -2.24. The summed E-state index contributed by atoms with van der Waals surface area (Å²) in [6, 6.07) is 10.3. The molecular weight excluding hydrogens is 447 g/mol. The number of rotatable bonds is 10. The highest BCUT2D eigenvalue weighted by atomic mass is 35.5. The summed E-state index contributed by atoms with van der Waals surface area (Å²) in [6.07, 6.45) is 1.24. The molecule has 0 aliphatic heterocycles. The van der Waals surface area contributed by atoms with E-state index in [2.05, 4.69) is 5.32 Å². The van der Waals surface area contributed by atoms with Gasteiger partial charge in [-0.05, 0) is 69.0 Å². The summed E-state index contributed by atoms with van der Waals surface area (Å²) in [5, 5.41) is 3.87. The lowest BCUT2D eigenvalue weighted by atomic mass is 10.1. The van der Waals surface area contributed by atoms with Crippen LogP contribution in [-0.2, 0) is 16.1 Å². The Balaban J connectivity index is 2.30. The van der Waals surface area contributed by atoms with Crippen LogP contribution in [0.4, 0.5) is 0 Å². The number of ether oxygens (including phenoxy) is 1. The van der Waals surface area contributed by atoms with Crippen LogP contribution in [0.5, 0.6) is 5.75 Å². The lowest BCUT2D eigenvalue weighted by molar-refractivity contribution is -0.143. The van der Waals surface area contributed by atoms with Crippen molar-refractivity contribution in [2.75, 3.05) is 6.61 Å². The molecule has 0 heterocycles. The van der Waals surface area contributed by atoms with Crippen molar-refractivity contribution in [2.24, 2.45) is 0 Å². The van der Waals surface area contributed by atoms with Crippen molar-refractivity contribution in [2.45, 2.75) is 66.1 Å². The van der Waals surface area contributed by atoms with Gasteiger partial charge in [-0.2, -0.15) is 0 Å². The van der Waals surface area contributed by atoms with Gasteiger partial charge in [0.2, 0.25) is 5.91 Å². The van der Waals surface area contributed by atoms with E-state index < -0.39 is 6.04 Å². The van der Waals surface area contributed by atoms with Gasteiger partial charge in [-0.3, -0.25) is 9.59 Å². The van der Waals surface area contributed by atoms with E-state index in [0.29, 0.717) is 27.8 Å². The van der Waals surface area contributed by atoms with E-state index in [1.165, 1.54) is 4.90 Å². The molecule has 2 atom stereocenters. The summed E-state index contributed by atoms with van der Waals surface area (Å²) in [5.41, 5.74) is 2.70. The van der Waals surface area contributed by atoms with Crippen LogP contribution in [0.2, 0.25) is 10.0 Å². The minimum atomic E-state index is -0.674. The molecule has 2 rings (SSSR count). The van der Waals surface area contributed by atoms with Crippen molar-refractivity contribution in [3.8, 4) is 5.75 Å². The zero-order valence-electron chi connectivity index (χ0n) is 19.4. The average molecular weight is 479 g/mol. The van der Waals surface area contributed by atoms with E-state index in [4.69, 9.17) is 27.9 Å². The molecule has 2 amide bonds. The second-order valence-corrected chi connectivity index (χ2v) is 8.89. The molecule has 32 heavy (non-hydrogen) atoms. The maximum absolute atomic E-state index is 13.3. The van der Waals surface area contributed by atoms with Gasteiger partial charge in [-0.15, -0.1) is 0 Å². The van der Waals surface area contributed by atoms with E-state index in [9.17, 15) is 9.59 Å². The van der Waals surface area contributed by atoms with E-state index in [1.54, 1.807) is 18.2 Å². The Morgan fingerprint density at radius 3 is 2.16 bits per heavy atom. The van der Waals surface area contributed by atoms with Crippen molar-refractivity contribution >= 4 is 35.0 Å². The van der Waals surface area contributed by atoms with Crippen LogP contribution in [0.15, 0.2) is 36.4 Å². The number of hydrogen-bond donors (Lipinski definition) is 1. The highest BCUT2D eigenvalue weighted by Crippen LogP contribution is 2.27. The van der Waals surface area contributed by atoms with Gasteiger partial charge in [0.15, 0.2) is 6.61 Å². The summed E-state index contributed by atoms with van der Waals surface area (Å²) >= 11 is 12.7. The number of carbonyl (C=O) groups excluding carboxylic acids is 2. The van der Waals surface area contributed by atoms with E-state index in [0.717, 1.165) is 17.5 Å². The smallest absolute Gasteiger partial charge is 0.261 e. The van der Waals surface area contributed by atoms with Gasteiger partial charge in [0.05, 0.1) is 0 Å². The largest absolute Gasteiger partial charge is 0.484 e. The molecule has 0 spiro atoms. The van der Waals surface area contributed by atoms with Crippen LogP contribution in [0.1, 0.15) is 50.3 Å². The third-order valence-corrected chi connectivity index (χ3v) is 6.04. The second kappa shape index (κ2) is 12.1. The highest BCUT2D eigenvalue weighted by molar-refractivity contribution is 6.36. The number of hydrogen-bond acceptors (Lipinski definition) is 3. The van der Waals surface area contributed by atoms with Crippen molar-refractivity contribution in [1.82, 2.24) is 10.2 Å². The first-order valence-electron chi connectivity index (χ1n) is 10.9. The molecule has 7 heteroatoms. The van der Waals surface area contributed by atoms with Crippen LogP contribution >= 0.6 is 23.2 Å². The molecule has 0 saturated carbocycles. The Labute approximate surface area is 201 Å². The summed E-state index contributed by atoms with van der Waals surface area (Å²) in [5.74, 6) is 0.0970. The van der Waals surface area contributed by atoms with Crippen molar-refractivity contribution in [3.63, 3.8) is 0 Å². The minimum absolute atomic E-state index is 0.00363. The average Bonchev–Trinajstić information content (AvgIpc) is 2.73. The first kappa shape index (κ1) is 26.0. The van der Waals surface area contributed by atoms with Crippen LogP contribution < -0.4 is 10.1 Å². The van der Waals surface area contributed by atoms with Crippen molar-refractivity contribution < 1.29 is 14.3 Å². The lowest BCUT2D eigenvalue weighted by Gasteiger charge is -2.32.